The molecule has 0 radical (unpaired) electrons. The van der Waals surface area contributed by atoms with E-state index < -0.39 is 13.2 Å². The van der Waals surface area contributed by atoms with Crippen LogP contribution in [0.5, 0.6) is 5.75 Å². The summed E-state index contributed by atoms with van der Waals surface area (Å²) in [5.74, 6) is 1.76. The van der Waals surface area contributed by atoms with Gasteiger partial charge in [-0.05, 0) is 0 Å². The van der Waals surface area contributed by atoms with Gasteiger partial charge in [0.05, 0.1) is 0 Å². The molecule has 1 atom stereocenters. The summed E-state index contributed by atoms with van der Waals surface area (Å²) in [6, 6.07) is 15.4. The van der Waals surface area contributed by atoms with Crippen LogP contribution in [0.15, 0.2) is 48.5 Å². The van der Waals surface area contributed by atoms with Gasteiger partial charge in [-0.25, -0.2) is 0 Å². The van der Waals surface area contributed by atoms with Crippen molar-refractivity contribution in [1.29, 1.82) is 0 Å². The number of hydrogen-bond acceptors (Lipinski definition) is 2. The zero-order chi connectivity index (χ0) is 23.0. The van der Waals surface area contributed by atoms with Gasteiger partial charge in [0.15, 0.2) is 0 Å². The molecule has 4 heteroatoms. The number of hydrogen-bond donors (Lipinski definition) is 1. The molecule has 1 unspecified atom stereocenters. The Kier molecular flexibility index (Phi) is 9.56. The summed E-state index contributed by atoms with van der Waals surface area (Å²) in [6.45, 7) is 14.6. The van der Waals surface area contributed by atoms with Gasteiger partial charge in [0.1, 0.15) is 0 Å². The number of rotatable bonds is 12. The molecular weight excluding hydrogens is 403 g/mol. The van der Waals surface area contributed by atoms with Gasteiger partial charge in [0.25, 0.3) is 0 Å². The first-order chi connectivity index (χ1) is 14.6. The Balaban J connectivity index is 2.15. The maximum atomic E-state index is 11.8. The summed E-state index contributed by atoms with van der Waals surface area (Å²) in [7, 11) is -1.39. The van der Waals surface area contributed by atoms with Crippen LogP contribution in [0.1, 0.15) is 56.1 Å². The fourth-order valence-electron chi connectivity index (χ4n) is 5.29. The van der Waals surface area contributed by atoms with E-state index in [-0.39, 0.29) is 0 Å². The third-order valence-electron chi connectivity index (χ3n) is 5.77. The van der Waals surface area contributed by atoms with E-state index >= 15 is 0 Å². The molecule has 2 rings (SSSR count). The van der Waals surface area contributed by atoms with Crippen molar-refractivity contribution in [3.05, 3.63) is 65.2 Å². The molecule has 2 aromatic rings. The topological polar surface area (TPSA) is 46.5 Å². The fraction of sp³-hybridized carbons (Fsp3) is 0.519. The number of carboxylic acids is 1. The Morgan fingerprint density at radius 3 is 2.10 bits per heavy atom. The van der Waals surface area contributed by atoms with E-state index in [0.29, 0.717) is 29.9 Å². The van der Waals surface area contributed by atoms with Crippen LogP contribution in [0.4, 0.5) is 0 Å². The second kappa shape index (κ2) is 11.7. The third-order valence-corrected chi connectivity index (χ3v) is 11.1. The van der Waals surface area contributed by atoms with E-state index in [9.17, 15) is 9.90 Å². The molecule has 0 aromatic heterocycles. The van der Waals surface area contributed by atoms with Crippen LogP contribution in [0.2, 0.25) is 0 Å². The summed E-state index contributed by atoms with van der Waals surface area (Å²) in [6.07, 6.45) is 4.68. The van der Waals surface area contributed by atoms with Crippen LogP contribution in [-0.4, -0.2) is 36.2 Å². The van der Waals surface area contributed by atoms with E-state index in [1.807, 2.05) is 36.4 Å². The molecule has 172 valence electrons. The minimum absolute atomic E-state index is 0.398. The van der Waals surface area contributed by atoms with Crippen LogP contribution < -0.4 is 4.74 Å². The standard InChI is InChI=1S/C27H41O3P/c1-20(2)17-31(6,18-21(3)4)19-22(5)14-24-15-25(12-13-26(24)27(28)29)30-16-23-10-8-7-9-11-23/h7-13,15,20-22,31H,14,16-19H2,1-6H3,(H,28,29). The molecule has 0 aliphatic carbocycles. The fourth-order valence-corrected chi connectivity index (χ4v) is 11.6. The number of benzene rings is 2. The van der Waals surface area contributed by atoms with E-state index in [2.05, 4.69) is 41.3 Å². The van der Waals surface area contributed by atoms with Gasteiger partial charge in [-0.3, -0.25) is 0 Å². The Morgan fingerprint density at radius 1 is 0.935 bits per heavy atom. The van der Waals surface area contributed by atoms with Crippen molar-refractivity contribution in [3.63, 3.8) is 0 Å². The predicted molar refractivity (Wildman–Crippen MR) is 136 cm³/mol. The van der Waals surface area contributed by atoms with Crippen LogP contribution in [0.3, 0.4) is 0 Å². The Bertz CT molecular complexity index is 820. The number of carboxylic acid groups (broad SMARTS) is 1. The van der Waals surface area contributed by atoms with E-state index in [0.717, 1.165) is 23.3 Å². The molecule has 0 amide bonds. The van der Waals surface area contributed by atoms with Gasteiger partial charge in [-0.1, -0.05) is 0 Å². The van der Waals surface area contributed by atoms with Crippen LogP contribution >= 0.6 is 7.26 Å². The van der Waals surface area contributed by atoms with Gasteiger partial charge in [0, 0.05) is 0 Å². The van der Waals surface area contributed by atoms with Crippen molar-refractivity contribution in [2.24, 2.45) is 17.8 Å². The first kappa shape index (κ1) is 25.4. The van der Waals surface area contributed by atoms with Crippen LogP contribution in [0, 0.1) is 17.8 Å². The predicted octanol–water partition coefficient (Wildman–Crippen LogP) is 6.83. The minimum atomic E-state index is -1.39. The molecule has 0 saturated heterocycles. The summed E-state index contributed by atoms with van der Waals surface area (Å²) >= 11 is 0. The summed E-state index contributed by atoms with van der Waals surface area (Å²) in [4.78, 5) is 11.8. The molecule has 0 aliphatic rings. The molecule has 0 saturated carbocycles. The Hall–Kier alpha value is -1.86. The van der Waals surface area contributed by atoms with Crippen LogP contribution in [-0.2, 0) is 13.0 Å². The van der Waals surface area contributed by atoms with Crippen molar-refractivity contribution in [1.82, 2.24) is 0 Å². The monoisotopic (exact) mass is 444 g/mol. The van der Waals surface area contributed by atoms with Gasteiger partial charge in [-0.2, -0.15) is 0 Å². The van der Waals surface area contributed by atoms with Crippen molar-refractivity contribution >= 4 is 13.2 Å². The van der Waals surface area contributed by atoms with Gasteiger partial charge < -0.3 is 0 Å². The SMILES string of the molecule is CC(C)C[PH](C)(CC(C)C)CC(C)Cc1cc(OCc2ccccc2)ccc1C(=O)O. The first-order valence-electron chi connectivity index (χ1n) is 11.6. The second-order valence-corrected chi connectivity index (χ2v) is 15.3. The number of carbonyl (C=O) groups is 1. The van der Waals surface area contributed by atoms with Gasteiger partial charge >= 0.3 is 189 Å². The zero-order valence-corrected chi connectivity index (χ0v) is 21.2. The summed E-state index contributed by atoms with van der Waals surface area (Å²) in [5, 5.41) is 9.72. The molecule has 0 bridgehead atoms. The van der Waals surface area contributed by atoms with E-state index in [1.54, 1.807) is 12.1 Å². The normalized spacial score (nSPS) is 13.4. The van der Waals surface area contributed by atoms with Crippen molar-refractivity contribution in [3.8, 4) is 5.75 Å². The van der Waals surface area contributed by atoms with E-state index in [4.69, 9.17) is 4.74 Å². The molecule has 1 N–H and O–H groups in total. The molecule has 3 nitrogen and oxygen atoms in total. The molecule has 0 fully saturated rings. The Morgan fingerprint density at radius 2 is 1.55 bits per heavy atom. The average Bonchev–Trinajstić information content (AvgIpc) is 2.65. The molecule has 31 heavy (non-hydrogen) atoms. The molecule has 0 heterocycles. The average molecular weight is 445 g/mol. The van der Waals surface area contributed by atoms with Crippen molar-refractivity contribution < 1.29 is 14.6 Å². The number of aromatic carboxylic acids is 1. The second-order valence-electron chi connectivity index (χ2n) is 10.4. The Labute approximate surface area is 189 Å². The maximum absolute atomic E-state index is 11.8. The van der Waals surface area contributed by atoms with Gasteiger partial charge in [0.2, 0.25) is 0 Å². The summed E-state index contributed by atoms with van der Waals surface area (Å²) < 4.78 is 5.97. The van der Waals surface area contributed by atoms with Crippen LogP contribution in [0.25, 0.3) is 0 Å². The summed E-state index contributed by atoms with van der Waals surface area (Å²) in [5.41, 5.74) is 2.38. The molecule has 2 aromatic carbocycles. The molecule has 0 aliphatic heterocycles. The quantitative estimate of drug-likeness (QED) is 0.365. The number of ether oxygens (including phenoxy) is 1. The first-order valence-corrected chi connectivity index (χ1v) is 14.7. The van der Waals surface area contributed by atoms with Crippen molar-refractivity contribution in [2.75, 3.05) is 25.2 Å². The molecular formula is C27H41O3P. The van der Waals surface area contributed by atoms with E-state index in [1.165, 1.54) is 18.5 Å². The zero-order valence-electron chi connectivity index (χ0n) is 20.2. The van der Waals surface area contributed by atoms with Crippen molar-refractivity contribution in [2.45, 2.75) is 47.6 Å². The molecule has 0 spiro atoms. The van der Waals surface area contributed by atoms with Gasteiger partial charge in [-0.15, -0.1) is 0 Å². The third kappa shape index (κ3) is 8.65.